The average Bonchev–Trinajstić information content (AvgIpc) is 2.45. The van der Waals surface area contributed by atoms with Crippen LogP contribution in [0.1, 0.15) is 18.3 Å². The second-order valence-corrected chi connectivity index (χ2v) is 4.40. The second-order valence-electron chi connectivity index (χ2n) is 3.60. The molecule has 2 N–H and O–H groups in total. The first kappa shape index (κ1) is 12.7. The second kappa shape index (κ2) is 5.63. The van der Waals surface area contributed by atoms with Crippen molar-refractivity contribution in [3.05, 3.63) is 15.9 Å². The fourth-order valence-corrected chi connectivity index (χ4v) is 2.34. The Kier molecular flexibility index (Phi) is 4.76. The van der Waals surface area contributed by atoms with E-state index in [1.807, 2.05) is 11.7 Å². The van der Waals surface area contributed by atoms with Crippen LogP contribution >= 0.6 is 15.9 Å². The van der Waals surface area contributed by atoms with Gasteiger partial charge in [0.1, 0.15) is 0 Å². The summed E-state index contributed by atoms with van der Waals surface area (Å²) in [6.07, 6.45) is 1.70. The standard InChI is InChI=1S/C10H18BrN3O/c1-4-8-10(11)9(14(2)13-8)5-7(12)6-15-3/h7H,4-6,12H2,1-3H3. The van der Waals surface area contributed by atoms with Crippen molar-refractivity contribution in [2.24, 2.45) is 12.8 Å². The van der Waals surface area contributed by atoms with Gasteiger partial charge in [-0.15, -0.1) is 0 Å². The summed E-state index contributed by atoms with van der Waals surface area (Å²) < 4.78 is 7.99. The lowest BCUT2D eigenvalue weighted by Gasteiger charge is -2.10. The number of methoxy groups -OCH3 is 1. The quantitative estimate of drug-likeness (QED) is 0.881. The zero-order valence-corrected chi connectivity index (χ0v) is 11.0. The average molecular weight is 276 g/mol. The smallest absolute Gasteiger partial charge is 0.0766 e. The first-order valence-corrected chi connectivity index (χ1v) is 5.84. The molecule has 0 radical (unpaired) electrons. The molecule has 0 aliphatic heterocycles. The Morgan fingerprint density at radius 1 is 1.60 bits per heavy atom. The van der Waals surface area contributed by atoms with E-state index in [0.29, 0.717) is 6.61 Å². The van der Waals surface area contributed by atoms with Gasteiger partial charge in [0, 0.05) is 26.6 Å². The Morgan fingerprint density at radius 3 is 2.73 bits per heavy atom. The third-order valence-corrected chi connectivity index (χ3v) is 3.25. The molecule has 0 aromatic carbocycles. The summed E-state index contributed by atoms with van der Waals surface area (Å²) in [4.78, 5) is 0. The minimum Gasteiger partial charge on any atom is -0.383 e. The van der Waals surface area contributed by atoms with Gasteiger partial charge >= 0.3 is 0 Å². The van der Waals surface area contributed by atoms with Crippen molar-refractivity contribution in [2.45, 2.75) is 25.8 Å². The van der Waals surface area contributed by atoms with Gasteiger partial charge in [0.25, 0.3) is 0 Å². The number of nitrogens with zero attached hydrogens (tertiary/aromatic N) is 2. The van der Waals surface area contributed by atoms with E-state index < -0.39 is 0 Å². The van der Waals surface area contributed by atoms with Crippen LogP contribution in [-0.4, -0.2) is 29.5 Å². The maximum atomic E-state index is 5.92. The highest BCUT2D eigenvalue weighted by Crippen LogP contribution is 2.22. The molecule has 0 spiro atoms. The van der Waals surface area contributed by atoms with Crippen LogP contribution in [0, 0.1) is 0 Å². The van der Waals surface area contributed by atoms with Gasteiger partial charge in [-0.3, -0.25) is 4.68 Å². The summed E-state index contributed by atoms with van der Waals surface area (Å²) in [6, 6.07) is 0.0198. The molecule has 0 saturated heterocycles. The van der Waals surface area contributed by atoms with E-state index in [9.17, 15) is 0 Å². The molecule has 0 aliphatic carbocycles. The van der Waals surface area contributed by atoms with Gasteiger partial charge < -0.3 is 10.5 Å². The monoisotopic (exact) mass is 275 g/mol. The first-order chi connectivity index (χ1) is 7.10. The van der Waals surface area contributed by atoms with Gasteiger partial charge in [-0.2, -0.15) is 5.10 Å². The molecule has 0 fully saturated rings. The molecule has 15 heavy (non-hydrogen) atoms. The van der Waals surface area contributed by atoms with Crippen LogP contribution in [0.25, 0.3) is 0 Å². The lowest BCUT2D eigenvalue weighted by molar-refractivity contribution is 0.179. The highest BCUT2D eigenvalue weighted by atomic mass is 79.9. The van der Waals surface area contributed by atoms with Crippen molar-refractivity contribution < 1.29 is 4.74 Å². The molecule has 0 amide bonds. The number of aromatic nitrogens is 2. The van der Waals surface area contributed by atoms with Gasteiger partial charge in [0.15, 0.2) is 0 Å². The Balaban J connectivity index is 2.80. The third kappa shape index (κ3) is 3.03. The normalized spacial score (nSPS) is 13.1. The summed E-state index contributed by atoms with van der Waals surface area (Å²) >= 11 is 3.56. The van der Waals surface area contributed by atoms with Crippen molar-refractivity contribution in [1.29, 1.82) is 0 Å². The Bertz CT molecular complexity index is 325. The fraction of sp³-hybridized carbons (Fsp3) is 0.700. The van der Waals surface area contributed by atoms with Crippen molar-refractivity contribution in [1.82, 2.24) is 9.78 Å². The summed E-state index contributed by atoms with van der Waals surface area (Å²) in [5, 5.41) is 4.42. The molecular weight excluding hydrogens is 258 g/mol. The molecule has 4 nitrogen and oxygen atoms in total. The summed E-state index contributed by atoms with van der Waals surface area (Å²) in [5.74, 6) is 0. The summed E-state index contributed by atoms with van der Waals surface area (Å²) in [6.45, 7) is 2.66. The molecular formula is C10H18BrN3O. The minimum absolute atomic E-state index is 0.0198. The third-order valence-electron chi connectivity index (χ3n) is 2.34. The Hall–Kier alpha value is -0.390. The maximum absolute atomic E-state index is 5.92. The van der Waals surface area contributed by atoms with Crippen LogP contribution in [0.3, 0.4) is 0 Å². The number of rotatable bonds is 5. The lowest BCUT2D eigenvalue weighted by Crippen LogP contribution is -2.29. The molecule has 0 bridgehead atoms. The zero-order valence-electron chi connectivity index (χ0n) is 9.46. The van der Waals surface area contributed by atoms with E-state index in [4.69, 9.17) is 10.5 Å². The van der Waals surface area contributed by atoms with Gasteiger partial charge in [-0.25, -0.2) is 0 Å². The number of nitrogens with two attached hydrogens (primary N) is 1. The molecule has 1 atom stereocenters. The number of hydrogen-bond acceptors (Lipinski definition) is 3. The van der Waals surface area contributed by atoms with Gasteiger partial charge in [0.2, 0.25) is 0 Å². The van der Waals surface area contributed by atoms with Gasteiger partial charge in [-0.1, -0.05) is 6.92 Å². The van der Waals surface area contributed by atoms with E-state index in [1.165, 1.54) is 0 Å². The van der Waals surface area contributed by atoms with Crippen molar-refractivity contribution in [3.63, 3.8) is 0 Å². The molecule has 1 heterocycles. The summed E-state index contributed by atoms with van der Waals surface area (Å²) in [5.41, 5.74) is 8.13. The minimum atomic E-state index is 0.0198. The van der Waals surface area contributed by atoms with Crippen LogP contribution < -0.4 is 5.73 Å². The molecule has 1 rings (SSSR count). The van der Waals surface area contributed by atoms with Crippen LogP contribution in [0.4, 0.5) is 0 Å². The van der Waals surface area contributed by atoms with Crippen LogP contribution in [0.5, 0.6) is 0 Å². The molecule has 5 heteroatoms. The van der Waals surface area contributed by atoms with Crippen LogP contribution in [-0.2, 0) is 24.6 Å². The van der Waals surface area contributed by atoms with E-state index in [-0.39, 0.29) is 6.04 Å². The number of halogens is 1. The van der Waals surface area contributed by atoms with E-state index in [0.717, 1.165) is 28.7 Å². The molecule has 1 unspecified atom stereocenters. The molecule has 0 aliphatic rings. The maximum Gasteiger partial charge on any atom is 0.0766 e. The predicted octanol–water partition coefficient (Wildman–Crippen LogP) is 1.26. The molecule has 0 saturated carbocycles. The highest BCUT2D eigenvalue weighted by molar-refractivity contribution is 9.10. The van der Waals surface area contributed by atoms with E-state index >= 15 is 0 Å². The SMILES string of the molecule is CCc1nn(C)c(CC(N)COC)c1Br. The lowest BCUT2D eigenvalue weighted by atomic mass is 10.1. The molecule has 1 aromatic rings. The largest absolute Gasteiger partial charge is 0.383 e. The molecule has 86 valence electrons. The molecule has 1 aromatic heterocycles. The topological polar surface area (TPSA) is 53.1 Å². The zero-order chi connectivity index (χ0) is 11.4. The highest BCUT2D eigenvalue weighted by Gasteiger charge is 2.15. The number of ether oxygens (including phenoxy) is 1. The van der Waals surface area contributed by atoms with Crippen molar-refractivity contribution in [2.75, 3.05) is 13.7 Å². The predicted molar refractivity (Wildman–Crippen MR) is 63.8 cm³/mol. The Morgan fingerprint density at radius 2 is 2.27 bits per heavy atom. The van der Waals surface area contributed by atoms with Gasteiger partial charge in [-0.05, 0) is 22.4 Å². The number of hydrogen-bond donors (Lipinski definition) is 1. The van der Waals surface area contributed by atoms with Crippen LogP contribution in [0.15, 0.2) is 4.47 Å². The Labute approximate surface area is 98.9 Å². The number of aryl methyl sites for hydroxylation is 2. The van der Waals surface area contributed by atoms with Crippen molar-refractivity contribution in [3.8, 4) is 0 Å². The van der Waals surface area contributed by atoms with Crippen LogP contribution in [0.2, 0.25) is 0 Å². The van der Waals surface area contributed by atoms with Gasteiger partial charge in [0.05, 0.1) is 22.5 Å². The fourth-order valence-electron chi connectivity index (χ4n) is 1.56. The van der Waals surface area contributed by atoms with E-state index in [2.05, 4.69) is 28.0 Å². The first-order valence-electron chi connectivity index (χ1n) is 5.04. The van der Waals surface area contributed by atoms with E-state index in [1.54, 1.807) is 7.11 Å². The van der Waals surface area contributed by atoms with Crippen molar-refractivity contribution >= 4 is 15.9 Å². The summed E-state index contributed by atoms with van der Waals surface area (Å²) in [7, 11) is 3.61.